The lowest BCUT2D eigenvalue weighted by atomic mass is 10.1. The molecule has 0 bridgehead atoms. The summed E-state index contributed by atoms with van der Waals surface area (Å²) in [6.45, 7) is 4.44. The van der Waals surface area contributed by atoms with E-state index in [-0.39, 0.29) is 11.6 Å². The number of nitro groups is 1. The molecular formula is C20H27N7O4. The quantitative estimate of drug-likeness (QED) is 0.281. The van der Waals surface area contributed by atoms with Gasteiger partial charge in [0.2, 0.25) is 5.96 Å². The number of hydrogen-bond acceptors (Lipinski definition) is 8. The van der Waals surface area contributed by atoms with Crippen molar-refractivity contribution in [3.05, 3.63) is 39.9 Å². The number of carbonyl (C=O) groups is 2. The summed E-state index contributed by atoms with van der Waals surface area (Å²) in [5.74, 6) is 0.0107. The number of benzene rings is 1. The Bertz CT molecular complexity index is 930. The molecule has 1 saturated heterocycles. The summed E-state index contributed by atoms with van der Waals surface area (Å²) in [5, 5.41) is 17.7. The van der Waals surface area contributed by atoms with Gasteiger partial charge in [-0.15, -0.1) is 0 Å². The maximum atomic E-state index is 12.5. The lowest BCUT2D eigenvalue weighted by molar-refractivity contribution is -0.384. The van der Waals surface area contributed by atoms with Crippen molar-refractivity contribution in [3.63, 3.8) is 0 Å². The zero-order valence-corrected chi connectivity index (χ0v) is 17.9. The number of amides is 3. The monoisotopic (exact) mass is 429 g/mol. The van der Waals surface area contributed by atoms with Crippen molar-refractivity contribution in [2.24, 2.45) is 10.1 Å². The van der Waals surface area contributed by atoms with E-state index in [0.717, 1.165) is 25.7 Å². The van der Waals surface area contributed by atoms with E-state index in [4.69, 9.17) is 0 Å². The Morgan fingerprint density at radius 2 is 2.10 bits per heavy atom. The highest BCUT2D eigenvalue weighted by molar-refractivity contribution is 6.04. The van der Waals surface area contributed by atoms with Crippen LogP contribution < -0.4 is 10.7 Å². The largest absolute Gasteiger partial charge is 0.326 e. The van der Waals surface area contributed by atoms with Gasteiger partial charge in [0.05, 0.1) is 10.6 Å². The Kier molecular flexibility index (Phi) is 6.83. The molecule has 166 valence electrons. The molecule has 11 heteroatoms. The lowest BCUT2D eigenvalue weighted by Crippen LogP contribution is -2.64. The number of imide groups is 1. The SMILES string of the molecule is CCCCCCN1C(N/N=C(/C)c2cccc([N+](=O)[O-])c2)=NC2C1C(=O)NC(=O)N2C. The predicted molar refractivity (Wildman–Crippen MR) is 116 cm³/mol. The van der Waals surface area contributed by atoms with Crippen molar-refractivity contribution in [1.82, 2.24) is 20.5 Å². The van der Waals surface area contributed by atoms with E-state index in [0.29, 0.717) is 23.8 Å². The van der Waals surface area contributed by atoms with Crippen LogP contribution in [0.25, 0.3) is 0 Å². The Labute approximate surface area is 180 Å². The van der Waals surface area contributed by atoms with Crippen LogP contribution in [0.15, 0.2) is 34.4 Å². The first-order valence-corrected chi connectivity index (χ1v) is 10.3. The number of rotatable bonds is 8. The molecule has 2 aliphatic heterocycles. The molecule has 2 atom stereocenters. The van der Waals surface area contributed by atoms with Crippen molar-refractivity contribution < 1.29 is 14.5 Å². The van der Waals surface area contributed by atoms with Crippen LogP contribution in [0.5, 0.6) is 0 Å². The van der Waals surface area contributed by atoms with Gasteiger partial charge in [-0.2, -0.15) is 5.10 Å². The molecule has 0 aliphatic carbocycles. The molecule has 31 heavy (non-hydrogen) atoms. The van der Waals surface area contributed by atoms with E-state index < -0.39 is 23.2 Å². The minimum Gasteiger partial charge on any atom is -0.326 e. The second-order valence-electron chi connectivity index (χ2n) is 7.59. The minimum absolute atomic E-state index is 0.0226. The van der Waals surface area contributed by atoms with Crippen molar-refractivity contribution in [2.75, 3.05) is 13.6 Å². The van der Waals surface area contributed by atoms with Crippen LogP contribution in [0.1, 0.15) is 45.1 Å². The first kappa shape index (κ1) is 22.2. The number of nitrogens with one attached hydrogen (secondary N) is 2. The van der Waals surface area contributed by atoms with E-state index in [9.17, 15) is 19.7 Å². The number of hydrazone groups is 1. The van der Waals surface area contributed by atoms with Gasteiger partial charge in [0.1, 0.15) is 0 Å². The second-order valence-corrected chi connectivity index (χ2v) is 7.59. The summed E-state index contributed by atoms with van der Waals surface area (Å²) in [5.41, 5.74) is 4.01. The van der Waals surface area contributed by atoms with Gasteiger partial charge >= 0.3 is 6.03 Å². The fourth-order valence-electron chi connectivity index (χ4n) is 3.62. The van der Waals surface area contributed by atoms with Gasteiger partial charge in [-0.25, -0.2) is 15.2 Å². The van der Waals surface area contributed by atoms with Crippen molar-refractivity contribution in [3.8, 4) is 0 Å². The molecule has 2 N–H and O–H groups in total. The number of hydrogen-bond donors (Lipinski definition) is 2. The average molecular weight is 429 g/mol. The Hall–Kier alpha value is -3.50. The number of nitro benzene ring substituents is 1. The van der Waals surface area contributed by atoms with Crippen LogP contribution in [0.3, 0.4) is 0 Å². The van der Waals surface area contributed by atoms with Crippen LogP contribution in [0.4, 0.5) is 10.5 Å². The number of aliphatic imine (C=N–C) groups is 1. The zero-order valence-electron chi connectivity index (χ0n) is 17.9. The molecule has 0 radical (unpaired) electrons. The lowest BCUT2D eigenvalue weighted by Gasteiger charge is -2.36. The molecule has 1 aromatic carbocycles. The molecule has 11 nitrogen and oxygen atoms in total. The summed E-state index contributed by atoms with van der Waals surface area (Å²) in [4.78, 5) is 42.9. The van der Waals surface area contributed by atoms with E-state index in [2.05, 4.69) is 27.8 Å². The molecular weight excluding hydrogens is 402 g/mol. The topological polar surface area (TPSA) is 133 Å². The van der Waals surface area contributed by atoms with Crippen molar-refractivity contribution in [1.29, 1.82) is 0 Å². The molecule has 3 rings (SSSR count). The van der Waals surface area contributed by atoms with Crippen LogP contribution in [0.2, 0.25) is 0 Å². The molecule has 2 heterocycles. The zero-order chi connectivity index (χ0) is 22.5. The summed E-state index contributed by atoms with van der Waals surface area (Å²) in [7, 11) is 1.60. The first-order chi connectivity index (χ1) is 14.8. The van der Waals surface area contributed by atoms with Gasteiger partial charge < -0.3 is 9.80 Å². The van der Waals surface area contributed by atoms with E-state index in [1.54, 1.807) is 26.1 Å². The number of carbonyl (C=O) groups excluding carboxylic acids is 2. The number of unbranched alkanes of at least 4 members (excludes halogenated alkanes) is 3. The molecule has 0 spiro atoms. The summed E-state index contributed by atoms with van der Waals surface area (Å²) in [6.07, 6.45) is 3.44. The van der Waals surface area contributed by atoms with Gasteiger partial charge in [0, 0.05) is 31.3 Å². The molecule has 0 saturated carbocycles. The van der Waals surface area contributed by atoms with E-state index in [1.165, 1.54) is 17.0 Å². The highest BCUT2D eigenvalue weighted by Crippen LogP contribution is 2.24. The van der Waals surface area contributed by atoms with Crippen LogP contribution >= 0.6 is 0 Å². The number of nitrogens with zero attached hydrogens (tertiary/aromatic N) is 5. The fraction of sp³-hybridized carbons (Fsp3) is 0.500. The summed E-state index contributed by atoms with van der Waals surface area (Å²) >= 11 is 0. The van der Waals surface area contributed by atoms with E-state index in [1.807, 2.05) is 4.90 Å². The van der Waals surface area contributed by atoms with Gasteiger partial charge in [-0.1, -0.05) is 38.3 Å². The molecule has 1 fully saturated rings. The third-order valence-corrected chi connectivity index (χ3v) is 5.41. The summed E-state index contributed by atoms with van der Waals surface area (Å²) < 4.78 is 0. The Balaban J connectivity index is 1.81. The fourth-order valence-corrected chi connectivity index (χ4v) is 3.62. The smallest absolute Gasteiger partial charge is 0.325 e. The normalized spacial score (nSPS) is 21.0. The number of fused-ring (bicyclic) bond motifs is 1. The van der Waals surface area contributed by atoms with Crippen molar-refractivity contribution in [2.45, 2.75) is 51.7 Å². The van der Waals surface area contributed by atoms with Gasteiger partial charge in [0.15, 0.2) is 12.2 Å². The number of guanidine groups is 1. The average Bonchev–Trinajstić information content (AvgIpc) is 3.12. The number of urea groups is 1. The standard InChI is InChI=1S/C20H27N7O4/c1-4-5-6-7-11-26-16-17(25(3)20(29)22-18(16)28)21-19(26)24-23-13(2)14-9-8-10-15(12-14)27(30)31/h8-10,12,16-17H,4-7,11H2,1-3H3,(H,21,24)(H,22,28,29)/b23-13-. The van der Waals surface area contributed by atoms with Gasteiger partial charge in [-0.05, 0) is 13.3 Å². The van der Waals surface area contributed by atoms with Crippen LogP contribution in [0, 0.1) is 10.1 Å². The molecule has 3 amide bonds. The molecule has 1 aromatic rings. The maximum Gasteiger partial charge on any atom is 0.325 e. The van der Waals surface area contributed by atoms with Crippen LogP contribution in [-0.2, 0) is 4.79 Å². The molecule has 2 aliphatic rings. The predicted octanol–water partition coefficient (Wildman–Crippen LogP) is 2.04. The maximum absolute atomic E-state index is 12.5. The summed E-state index contributed by atoms with van der Waals surface area (Å²) in [6, 6.07) is 5.07. The van der Waals surface area contributed by atoms with Gasteiger partial charge in [-0.3, -0.25) is 20.2 Å². The number of likely N-dealkylation sites (N-methyl/N-ethyl adjacent to an activating group) is 1. The number of non-ortho nitro benzene ring substituents is 1. The highest BCUT2D eigenvalue weighted by atomic mass is 16.6. The third kappa shape index (κ3) is 4.81. The van der Waals surface area contributed by atoms with Crippen LogP contribution in [-0.4, -0.2) is 64.1 Å². The van der Waals surface area contributed by atoms with Gasteiger partial charge in [0.25, 0.3) is 11.6 Å². The first-order valence-electron chi connectivity index (χ1n) is 10.3. The highest BCUT2D eigenvalue weighted by Gasteiger charge is 2.48. The van der Waals surface area contributed by atoms with E-state index >= 15 is 0 Å². The minimum atomic E-state index is -0.636. The molecule has 2 unspecified atom stereocenters. The van der Waals surface area contributed by atoms with Crippen molar-refractivity contribution >= 4 is 29.3 Å². The Morgan fingerprint density at radius 1 is 1.32 bits per heavy atom. The third-order valence-electron chi connectivity index (χ3n) is 5.41. The second kappa shape index (κ2) is 9.54. The molecule has 0 aromatic heterocycles. The Morgan fingerprint density at radius 3 is 2.81 bits per heavy atom.